The lowest BCUT2D eigenvalue weighted by Gasteiger charge is -2.38. The van der Waals surface area contributed by atoms with Crippen LogP contribution in [0.25, 0.3) is 0 Å². The molecule has 1 aromatic heterocycles. The average Bonchev–Trinajstić information content (AvgIpc) is 3.31. The molecule has 0 bridgehead atoms. The van der Waals surface area contributed by atoms with E-state index in [2.05, 4.69) is 58.5 Å². The summed E-state index contributed by atoms with van der Waals surface area (Å²) in [6, 6.07) is 4.02. The van der Waals surface area contributed by atoms with Crippen molar-refractivity contribution in [1.29, 1.82) is 0 Å². The van der Waals surface area contributed by atoms with Crippen LogP contribution in [0, 0.1) is 11.7 Å². The van der Waals surface area contributed by atoms with E-state index in [9.17, 15) is 22.7 Å². The summed E-state index contributed by atoms with van der Waals surface area (Å²) in [5.74, 6) is -0.560. The van der Waals surface area contributed by atoms with E-state index < -0.39 is 23.7 Å². The maximum absolute atomic E-state index is 14.4. The maximum Gasteiger partial charge on any atom is 0.418 e. The molecule has 1 aliphatic rings. The summed E-state index contributed by atoms with van der Waals surface area (Å²) >= 11 is 5.52. The Hall–Kier alpha value is -2.37. The second-order valence-electron chi connectivity index (χ2n) is 10.8. The smallest absolute Gasteiger partial charge is 0.390 e. The first-order valence-corrected chi connectivity index (χ1v) is 13.3. The Morgan fingerprint density at radius 2 is 1.92 bits per heavy atom. The molecule has 3 atom stereocenters. The second kappa shape index (κ2) is 12.7. The molecule has 3 rings (SSSR count). The van der Waals surface area contributed by atoms with Crippen LogP contribution in [0.2, 0.25) is 0 Å². The molecule has 2 aromatic rings. The maximum atomic E-state index is 14.4. The van der Waals surface area contributed by atoms with Crippen LogP contribution in [-0.4, -0.2) is 63.2 Å². The average molecular weight is 561 g/mol. The normalized spacial score (nSPS) is 18.3. The van der Waals surface area contributed by atoms with Gasteiger partial charge in [-0.3, -0.25) is 4.90 Å². The molecule has 7 nitrogen and oxygen atoms in total. The topological polar surface area (TPSA) is 85.3 Å². The molecule has 212 valence electrons. The van der Waals surface area contributed by atoms with Crippen LogP contribution in [0.5, 0.6) is 0 Å². The van der Waals surface area contributed by atoms with Gasteiger partial charge < -0.3 is 21.1 Å². The van der Waals surface area contributed by atoms with E-state index in [0.29, 0.717) is 12.6 Å². The van der Waals surface area contributed by atoms with Gasteiger partial charge in [0.25, 0.3) is 0 Å². The fourth-order valence-corrected chi connectivity index (χ4v) is 4.87. The van der Waals surface area contributed by atoms with Crippen molar-refractivity contribution in [1.82, 2.24) is 14.9 Å². The van der Waals surface area contributed by atoms with Crippen LogP contribution >= 0.6 is 11.6 Å². The zero-order valence-electron chi connectivity index (χ0n) is 22.2. The fraction of sp³-hybridized carbons (Fsp3) is 0.615. The van der Waals surface area contributed by atoms with E-state index in [-0.39, 0.29) is 47.0 Å². The summed E-state index contributed by atoms with van der Waals surface area (Å²) in [5.41, 5.74) is -0.958. The number of hydrogen-bond acceptors (Lipinski definition) is 7. The summed E-state index contributed by atoms with van der Waals surface area (Å²) in [6.07, 6.45) is -1.40. The van der Waals surface area contributed by atoms with Gasteiger partial charge in [0.2, 0.25) is 5.95 Å². The Labute approximate surface area is 226 Å². The molecule has 0 aliphatic carbocycles. The van der Waals surface area contributed by atoms with Crippen LogP contribution in [-0.2, 0) is 6.18 Å². The van der Waals surface area contributed by atoms with Crippen LogP contribution in [0.4, 0.5) is 40.7 Å². The van der Waals surface area contributed by atoms with Gasteiger partial charge in [0, 0.05) is 36.0 Å². The number of benzene rings is 1. The highest BCUT2D eigenvalue weighted by molar-refractivity contribution is 6.18. The Bertz CT molecular complexity index is 1070. The van der Waals surface area contributed by atoms with Crippen molar-refractivity contribution in [3.05, 3.63) is 35.8 Å². The van der Waals surface area contributed by atoms with E-state index in [0.717, 1.165) is 31.6 Å². The number of aromatic nitrogens is 2. The van der Waals surface area contributed by atoms with Gasteiger partial charge >= 0.3 is 6.18 Å². The molecule has 4 N–H and O–H groups in total. The molecule has 1 fully saturated rings. The number of halogens is 5. The number of aliphatic hydroxyl groups excluding tert-OH is 1. The van der Waals surface area contributed by atoms with Crippen LogP contribution < -0.4 is 16.0 Å². The first-order valence-electron chi connectivity index (χ1n) is 12.8. The molecule has 0 radical (unpaired) electrons. The van der Waals surface area contributed by atoms with E-state index in [1.807, 2.05) is 0 Å². The predicted octanol–water partition coefficient (Wildman–Crippen LogP) is 6.09. The van der Waals surface area contributed by atoms with Crippen molar-refractivity contribution < 1.29 is 22.7 Å². The largest absolute Gasteiger partial charge is 0.418 e. The molecule has 2 heterocycles. The number of likely N-dealkylation sites (tertiary alicyclic amines) is 1. The van der Waals surface area contributed by atoms with Crippen molar-refractivity contribution in [2.75, 3.05) is 41.5 Å². The first kappa shape index (κ1) is 30.2. The zero-order chi connectivity index (χ0) is 28.1. The lowest BCUT2D eigenvalue weighted by atomic mass is 9.96. The second-order valence-corrected chi connectivity index (χ2v) is 11.2. The quantitative estimate of drug-likeness (QED) is 0.195. The van der Waals surface area contributed by atoms with Crippen molar-refractivity contribution in [2.24, 2.45) is 5.92 Å². The number of nitrogens with zero attached hydrogens (tertiary/aromatic N) is 3. The minimum atomic E-state index is -4.65. The van der Waals surface area contributed by atoms with Crippen molar-refractivity contribution >= 4 is 34.7 Å². The van der Waals surface area contributed by atoms with Crippen molar-refractivity contribution in [3.8, 4) is 0 Å². The van der Waals surface area contributed by atoms with Crippen molar-refractivity contribution in [2.45, 2.75) is 70.8 Å². The third kappa shape index (κ3) is 8.31. The van der Waals surface area contributed by atoms with Crippen LogP contribution in [0.3, 0.4) is 0 Å². The number of hydrogen-bond donors (Lipinski definition) is 4. The standard InChI is InChI=1S/C26H37ClF4N6O/c1-16(10-18-6-5-9-37(18)25(2,3)4)13-33-23-21(28)15-34-24(36-23)35-17-7-8-22(32-14-19(38)12-27)20(11-17)26(29,30)31/h7-8,11,15-16,18-19,32,38H,5-6,9-10,12-14H2,1-4H3,(H2,33,34,35,36). The van der Waals surface area contributed by atoms with Gasteiger partial charge in [-0.1, -0.05) is 6.92 Å². The molecule has 1 aromatic carbocycles. The minimum absolute atomic E-state index is 0.0159. The molecule has 1 aliphatic heterocycles. The van der Waals surface area contributed by atoms with Gasteiger partial charge in [-0.15, -0.1) is 11.6 Å². The fourth-order valence-electron chi connectivity index (χ4n) is 4.76. The van der Waals surface area contributed by atoms with Gasteiger partial charge in [0.15, 0.2) is 11.6 Å². The van der Waals surface area contributed by atoms with Gasteiger partial charge in [-0.25, -0.2) is 9.37 Å². The first-order chi connectivity index (χ1) is 17.8. The Morgan fingerprint density at radius 1 is 1.18 bits per heavy atom. The highest BCUT2D eigenvalue weighted by Crippen LogP contribution is 2.37. The third-order valence-corrected chi connectivity index (χ3v) is 6.92. The van der Waals surface area contributed by atoms with E-state index in [1.54, 1.807) is 0 Å². The van der Waals surface area contributed by atoms with Gasteiger partial charge in [0.05, 0.1) is 23.7 Å². The molecule has 3 unspecified atom stereocenters. The lowest BCUT2D eigenvalue weighted by molar-refractivity contribution is -0.136. The van der Waals surface area contributed by atoms with Crippen LogP contribution in [0.15, 0.2) is 24.4 Å². The number of aliphatic hydroxyl groups is 1. The molecule has 12 heteroatoms. The lowest BCUT2D eigenvalue weighted by Crippen LogP contribution is -2.45. The number of anilines is 4. The summed E-state index contributed by atoms with van der Waals surface area (Å²) in [7, 11) is 0. The highest BCUT2D eigenvalue weighted by Gasteiger charge is 2.35. The minimum Gasteiger partial charge on any atom is -0.390 e. The molecular weight excluding hydrogens is 524 g/mol. The van der Waals surface area contributed by atoms with Gasteiger partial charge in [0.1, 0.15) is 0 Å². The highest BCUT2D eigenvalue weighted by atomic mass is 35.5. The van der Waals surface area contributed by atoms with Crippen LogP contribution in [0.1, 0.15) is 52.5 Å². The van der Waals surface area contributed by atoms with Crippen molar-refractivity contribution in [3.63, 3.8) is 0 Å². The molecule has 1 saturated heterocycles. The van der Waals surface area contributed by atoms with Gasteiger partial charge in [-0.2, -0.15) is 18.2 Å². The Balaban J connectivity index is 1.66. The molecule has 38 heavy (non-hydrogen) atoms. The number of alkyl halides is 4. The monoisotopic (exact) mass is 560 g/mol. The zero-order valence-corrected chi connectivity index (χ0v) is 22.9. The van der Waals surface area contributed by atoms with E-state index in [1.165, 1.54) is 18.6 Å². The SMILES string of the molecule is CC(CNc1nc(Nc2ccc(NCC(O)CCl)c(C(F)(F)F)c2)ncc1F)CC1CCCN1C(C)(C)C. The number of nitrogens with one attached hydrogen (secondary N) is 3. The number of rotatable bonds is 11. The van der Waals surface area contributed by atoms with E-state index in [4.69, 9.17) is 11.6 Å². The summed E-state index contributed by atoms with van der Waals surface area (Å²) in [4.78, 5) is 10.5. The van der Waals surface area contributed by atoms with E-state index >= 15 is 0 Å². The summed E-state index contributed by atoms with van der Waals surface area (Å²) < 4.78 is 55.4. The molecule has 0 spiro atoms. The Morgan fingerprint density at radius 3 is 2.58 bits per heavy atom. The Kier molecular flexibility index (Phi) is 10.0. The predicted molar refractivity (Wildman–Crippen MR) is 144 cm³/mol. The molecular formula is C26H37ClF4N6O. The summed E-state index contributed by atoms with van der Waals surface area (Å²) in [6.45, 7) is 10.2. The molecule has 0 saturated carbocycles. The molecule has 0 amide bonds. The van der Waals surface area contributed by atoms with Gasteiger partial charge in [-0.05, 0) is 70.7 Å². The summed E-state index contributed by atoms with van der Waals surface area (Å²) in [5, 5.41) is 17.9. The third-order valence-electron chi connectivity index (χ3n) is 6.56.